The zero-order valence-corrected chi connectivity index (χ0v) is 16.4. The summed E-state index contributed by atoms with van der Waals surface area (Å²) in [5.74, 6) is 3.42. The number of amides is 1. The summed E-state index contributed by atoms with van der Waals surface area (Å²) in [5.41, 5.74) is -0.260. The normalized spacial score (nSPS) is 40.4. The molecule has 2 saturated heterocycles. The zero-order chi connectivity index (χ0) is 18.8. The Morgan fingerprint density at radius 3 is 2.43 bits per heavy atom. The molecule has 3 heterocycles. The Kier molecular flexibility index (Phi) is 3.78. The predicted octanol–water partition coefficient (Wildman–Crippen LogP) is 2.83. The minimum atomic E-state index is -0.219. The predicted molar refractivity (Wildman–Crippen MR) is 102 cm³/mol. The first-order valence-corrected chi connectivity index (χ1v) is 11.0. The van der Waals surface area contributed by atoms with E-state index < -0.39 is 0 Å². The zero-order valence-electron chi connectivity index (χ0n) is 16.4. The van der Waals surface area contributed by atoms with Crippen LogP contribution >= 0.6 is 0 Å². The molecule has 6 nitrogen and oxygen atoms in total. The van der Waals surface area contributed by atoms with Crippen molar-refractivity contribution in [3.63, 3.8) is 0 Å². The van der Waals surface area contributed by atoms with Crippen molar-refractivity contribution in [3.8, 4) is 5.88 Å². The highest BCUT2D eigenvalue weighted by Crippen LogP contribution is 2.61. The van der Waals surface area contributed by atoms with Crippen molar-refractivity contribution in [3.05, 3.63) is 18.6 Å². The molecule has 4 aliphatic carbocycles. The number of likely N-dealkylation sites (tertiary alicyclic amines) is 1. The summed E-state index contributed by atoms with van der Waals surface area (Å²) < 4.78 is 12.2. The maximum absolute atomic E-state index is 13.5. The maximum atomic E-state index is 13.5. The second kappa shape index (κ2) is 6.15. The van der Waals surface area contributed by atoms with Gasteiger partial charge in [-0.25, -0.2) is 4.98 Å². The molecule has 28 heavy (non-hydrogen) atoms. The average molecular weight is 383 g/mol. The second-order valence-electron chi connectivity index (χ2n) is 10.2. The van der Waals surface area contributed by atoms with E-state index in [4.69, 9.17) is 9.47 Å². The molecule has 0 unspecified atom stereocenters. The Balaban J connectivity index is 1.11. The Morgan fingerprint density at radius 1 is 1.07 bits per heavy atom. The smallest absolute Gasteiger partial charge is 0.232 e. The van der Waals surface area contributed by atoms with Crippen LogP contribution in [0.25, 0.3) is 0 Å². The van der Waals surface area contributed by atoms with Gasteiger partial charge in [-0.15, -0.1) is 0 Å². The quantitative estimate of drug-likeness (QED) is 0.803. The molecule has 1 spiro atoms. The molecular weight excluding hydrogens is 354 g/mol. The van der Waals surface area contributed by atoms with Gasteiger partial charge < -0.3 is 14.4 Å². The minimum absolute atomic E-state index is 0.0411. The van der Waals surface area contributed by atoms with Crippen LogP contribution in [0.15, 0.2) is 18.6 Å². The van der Waals surface area contributed by atoms with Gasteiger partial charge in [-0.05, 0) is 56.3 Å². The summed E-state index contributed by atoms with van der Waals surface area (Å²) in [5, 5.41) is 0. The molecule has 6 heteroatoms. The van der Waals surface area contributed by atoms with E-state index in [1.807, 2.05) is 0 Å². The number of ether oxygens (including phenoxy) is 2. The van der Waals surface area contributed by atoms with Gasteiger partial charge in [0.1, 0.15) is 11.7 Å². The van der Waals surface area contributed by atoms with Crippen LogP contribution in [-0.2, 0) is 9.53 Å². The van der Waals surface area contributed by atoms with Gasteiger partial charge >= 0.3 is 0 Å². The standard InChI is InChI=1S/C22H29N3O3/c26-20(21-8-15-5-16(9-21)7-17(6-15)10-21)25-13-22(14-25)11-18(1-4-27-22)28-19-12-23-2-3-24-19/h2-3,12,15-18H,1,4-11,13-14H2/t15?,16?,17?,18-,21?/m1/s1. The van der Waals surface area contributed by atoms with Gasteiger partial charge in [0.15, 0.2) is 0 Å². The van der Waals surface area contributed by atoms with Crippen molar-refractivity contribution in [2.75, 3.05) is 19.7 Å². The molecule has 1 aromatic heterocycles. The van der Waals surface area contributed by atoms with Crippen molar-refractivity contribution < 1.29 is 14.3 Å². The average Bonchev–Trinajstić information content (AvgIpc) is 2.65. The molecule has 1 amide bonds. The molecule has 7 rings (SSSR count). The maximum Gasteiger partial charge on any atom is 0.232 e. The molecule has 4 bridgehead atoms. The van der Waals surface area contributed by atoms with Crippen molar-refractivity contribution in [2.24, 2.45) is 23.2 Å². The van der Waals surface area contributed by atoms with Crippen LogP contribution in [-0.4, -0.2) is 52.2 Å². The fraction of sp³-hybridized carbons (Fsp3) is 0.773. The van der Waals surface area contributed by atoms with Gasteiger partial charge in [-0.3, -0.25) is 9.78 Å². The summed E-state index contributed by atoms with van der Waals surface area (Å²) in [6.07, 6.45) is 14.3. The summed E-state index contributed by atoms with van der Waals surface area (Å²) in [6, 6.07) is 0. The van der Waals surface area contributed by atoms with E-state index >= 15 is 0 Å². The van der Waals surface area contributed by atoms with Crippen LogP contribution in [0.2, 0.25) is 0 Å². The number of nitrogens with zero attached hydrogens (tertiary/aromatic N) is 3. The largest absolute Gasteiger partial charge is 0.473 e. The van der Waals surface area contributed by atoms with Gasteiger partial charge in [0.05, 0.1) is 31.3 Å². The van der Waals surface area contributed by atoms with Gasteiger partial charge in [0.25, 0.3) is 0 Å². The highest BCUT2D eigenvalue weighted by molar-refractivity contribution is 5.84. The fourth-order valence-corrected chi connectivity index (χ4v) is 7.32. The van der Waals surface area contributed by atoms with E-state index in [1.54, 1.807) is 18.6 Å². The first-order chi connectivity index (χ1) is 13.6. The molecule has 1 atom stereocenters. The summed E-state index contributed by atoms with van der Waals surface area (Å²) in [4.78, 5) is 23.9. The Labute approximate surface area is 166 Å². The Morgan fingerprint density at radius 2 is 1.79 bits per heavy atom. The van der Waals surface area contributed by atoms with Crippen LogP contribution < -0.4 is 4.74 Å². The molecule has 6 aliphatic rings. The minimum Gasteiger partial charge on any atom is -0.473 e. The van der Waals surface area contributed by atoms with E-state index in [1.165, 1.54) is 19.3 Å². The van der Waals surface area contributed by atoms with E-state index in [0.29, 0.717) is 18.4 Å². The first kappa shape index (κ1) is 17.2. The van der Waals surface area contributed by atoms with E-state index in [2.05, 4.69) is 14.9 Å². The molecule has 4 saturated carbocycles. The van der Waals surface area contributed by atoms with Crippen LogP contribution in [0.4, 0.5) is 0 Å². The lowest BCUT2D eigenvalue weighted by Gasteiger charge is -2.60. The third kappa shape index (κ3) is 2.75. The van der Waals surface area contributed by atoms with Crippen LogP contribution in [0.1, 0.15) is 51.4 Å². The van der Waals surface area contributed by atoms with Gasteiger partial charge in [0, 0.05) is 25.2 Å². The number of aromatic nitrogens is 2. The van der Waals surface area contributed by atoms with Crippen molar-refractivity contribution in [1.29, 1.82) is 0 Å². The highest BCUT2D eigenvalue weighted by Gasteiger charge is 2.59. The molecule has 150 valence electrons. The summed E-state index contributed by atoms with van der Waals surface area (Å²) in [7, 11) is 0. The molecule has 0 radical (unpaired) electrons. The van der Waals surface area contributed by atoms with E-state index in [0.717, 1.165) is 62.9 Å². The molecule has 1 aromatic rings. The van der Waals surface area contributed by atoms with Crippen molar-refractivity contribution in [1.82, 2.24) is 14.9 Å². The van der Waals surface area contributed by atoms with Crippen LogP contribution in [0.3, 0.4) is 0 Å². The lowest BCUT2D eigenvalue weighted by Crippen LogP contribution is -2.70. The number of hydrogen-bond acceptors (Lipinski definition) is 5. The first-order valence-electron chi connectivity index (χ1n) is 11.0. The van der Waals surface area contributed by atoms with Gasteiger partial charge in [-0.1, -0.05) is 0 Å². The Hall–Kier alpha value is -1.69. The Bertz CT molecular complexity index is 726. The summed E-state index contributed by atoms with van der Waals surface area (Å²) in [6.45, 7) is 2.14. The molecule has 6 fully saturated rings. The summed E-state index contributed by atoms with van der Waals surface area (Å²) >= 11 is 0. The van der Waals surface area contributed by atoms with E-state index in [-0.39, 0.29) is 17.1 Å². The number of hydrogen-bond donors (Lipinski definition) is 0. The van der Waals surface area contributed by atoms with Gasteiger partial charge in [0.2, 0.25) is 11.8 Å². The number of carbonyl (C=O) groups excluding carboxylic acids is 1. The fourth-order valence-electron chi connectivity index (χ4n) is 7.32. The molecule has 2 aliphatic heterocycles. The molecule has 0 aromatic carbocycles. The van der Waals surface area contributed by atoms with Crippen molar-refractivity contribution >= 4 is 5.91 Å². The third-order valence-corrected chi connectivity index (χ3v) is 8.01. The molecule has 0 N–H and O–H groups in total. The van der Waals surface area contributed by atoms with Gasteiger partial charge in [-0.2, -0.15) is 0 Å². The topological polar surface area (TPSA) is 64.6 Å². The van der Waals surface area contributed by atoms with Crippen LogP contribution in [0, 0.1) is 23.2 Å². The second-order valence-corrected chi connectivity index (χ2v) is 10.2. The monoisotopic (exact) mass is 383 g/mol. The molecular formula is C22H29N3O3. The lowest BCUT2D eigenvalue weighted by atomic mass is 9.49. The van der Waals surface area contributed by atoms with E-state index in [9.17, 15) is 4.79 Å². The number of rotatable bonds is 3. The van der Waals surface area contributed by atoms with Crippen LogP contribution in [0.5, 0.6) is 5.88 Å². The van der Waals surface area contributed by atoms with Crippen molar-refractivity contribution in [2.45, 2.75) is 63.1 Å². The highest BCUT2D eigenvalue weighted by atomic mass is 16.5. The lowest BCUT2D eigenvalue weighted by molar-refractivity contribution is -0.205. The third-order valence-electron chi connectivity index (χ3n) is 8.01. The number of carbonyl (C=O) groups is 1. The SMILES string of the molecule is O=C(N1CC2(C[C@H](Oc3cnccn3)CCO2)C1)C12CC3CC(CC(C3)C1)C2.